The quantitative estimate of drug-likeness (QED) is 0.717. The molecule has 110 valence electrons. The van der Waals surface area contributed by atoms with Gasteiger partial charge in [0, 0.05) is 27.1 Å². The molecule has 0 aliphatic carbocycles. The lowest BCUT2D eigenvalue weighted by molar-refractivity contribution is -0.134. The van der Waals surface area contributed by atoms with E-state index >= 15 is 0 Å². The van der Waals surface area contributed by atoms with E-state index in [-0.39, 0.29) is 18.4 Å². The normalized spacial score (nSPS) is 10.1. The molecule has 0 unspecified atom stereocenters. The van der Waals surface area contributed by atoms with Crippen molar-refractivity contribution in [1.82, 2.24) is 10.2 Å². The zero-order valence-electron chi connectivity index (χ0n) is 12.1. The van der Waals surface area contributed by atoms with Crippen molar-refractivity contribution in [3.63, 3.8) is 0 Å². The van der Waals surface area contributed by atoms with Gasteiger partial charge >= 0.3 is 0 Å². The van der Waals surface area contributed by atoms with E-state index in [0.717, 1.165) is 12.0 Å². The van der Waals surface area contributed by atoms with Gasteiger partial charge in [0.15, 0.2) is 0 Å². The fourth-order valence-electron chi connectivity index (χ4n) is 1.78. The van der Waals surface area contributed by atoms with Crippen LogP contribution in [0.1, 0.15) is 12.5 Å². The van der Waals surface area contributed by atoms with E-state index in [4.69, 9.17) is 4.74 Å². The lowest BCUT2D eigenvalue weighted by Gasteiger charge is -2.20. The standard InChI is InChI=1S/C15H22N2O3/c1-13(18)17(12-15(19)16-9-11-20-2)10-8-14-6-4-3-5-7-14/h3-7H,8-12H2,1-2H3,(H,16,19). The largest absolute Gasteiger partial charge is 0.383 e. The number of hydrogen-bond acceptors (Lipinski definition) is 3. The number of nitrogens with zero attached hydrogens (tertiary/aromatic N) is 1. The van der Waals surface area contributed by atoms with Crippen LogP contribution in [0.25, 0.3) is 0 Å². The van der Waals surface area contributed by atoms with Gasteiger partial charge in [-0.15, -0.1) is 0 Å². The van der Waals surface area contributed by atoms with Crippen molar-refractivity contribution in [3.8, 4) is 0 Å². The Labute approximate surface area is 119 Å². The van der Waals surface area contributed by atoms with Crippen molar-refractivity contribution in [1.29, 1.82) is 0 Å². The van der Waals surface area contributed by atoms with Gasteiger partial charge in [-0.1, -0.05) is 30.3 Å². The predicted molar refractivity (Wildman–Crippen MR) is 77.3 cm³/mol. The maximum atomic E-state index is 11.7. The molecule has 0 aromatic heterocycles. The van der Waals surface area contributed by atoms with Crippen LogP contribution in [0.3, 0.4) is 0 Å². The molecule has 0 fully saturated rings. The molecule has 0 heterocycles. The van der Waals surface area contributed by atoms with E-state index in [1.807, 2.05) is 30.3 Å². The Morgan fingerprint density at radius 3 is 2.55 bits per heavy atom. The van der Waals surface area contributed by atoms with Crippen molar-refractivity contribution in [2.24, 2.45) is 0 Å². The minimum Gasteiger partial charge on any atom is -0.383 e. The first-order valence-corrected chi connectivity index (χ1v) is 6.68. The van der Waals surface area contributed by atoms with Gasteiger partial charge in [-0.05, 0) is 12.0 Å². The molecule has 1 N–H and O–H groups in total. The molecule has 0 bridgehead atoms. The van der Waals surface area contributed by atoms with Crippen molar-refractivity contribution in [3.05, 3.63) is 35.9 Å². The molecule has 1 aromatic carbocycles. The summed E-state index contributed by atoms with van der Waals surface area (Å²) in [5.41, 5.74) is 1.15. The topological polar surface area (TPSA) is 58.6 Å². The number of ether oxygens (including phenoxy) is 1. The first-order valence-electron chi connectivity index (χ1n) is 6.68. The van der Waals surface area contributed by atoms with Gasteiger partial charge in [-0.3, -0.25) is 9.59 Å². The molecule has 0 aliphatic heterocycles. The van der Waals surface area contributed by atoms with Crippen LogP contribution in [0, 0.1) is 0 Å². The molecular weight excluding hydrogens is 256 g/mol. The second kappa shape index (κ2) is 9.09. The maximum Gasteiger partial charge on any atom is 0.239 e. The second-order valence-electron chi connectivity index (χ2n) is 4.52. The number of carbonyl (C=O) groups excluding carboxylic acids is 2. The van der Waals surface area contributed by atoms with Gasteiger partial charge in [-0.25, -0.2) is 0 Å². The third-order valence-corrected chi connectivity index (χ3v) is 2.92. The molecule has 1 rings (SSSR count). The number of methoxy groups -OCH3 is 1. The van der Waals surface area contributed by atoms with Crippen molar-refractivity contribution < 1.29 is 14.3 Å². The molecule has 2 amide bonds. The monoisotopic (exact) mass is 278 g/mol. The van der Waals surface area contributed by atoms with E-state index in [1.165, 1.54) is 6.92 Å². The highest BCUT2D eigenvalue weighted by Crippen LogP contribution is 2.01. The average Bonchev–Trinajstić information content (AvgIpc) is 2.44. The summed E-state index contributed by atoms with van der Waals surface area (Å²) in [4.78, 5) is 24.8. The highest BCUT2D eigenvalue weighted by Gasteiger charge is 2.13. The molecule has 0 spiro atoms. The van der Waals surface area contributed by atoms with Crippen LogP contribution in [0.2, 0.25) is 0 Å². The molecule has 0 aliphatic rings. The van der Waals surface area contributed by atoms with Crippen LogP contribution in [0.5, 0.6) is 0 Å². The molecule has 5 heteroatoms. The number of amides is 2. The van der Waals surface area contributed by atoms with Crippen LogP contribution in [-0.4, -0.2) is 50.1 Å². The van der Waals surface area contributed by atoms with Crippen LogP contribution >= 0.6 is 0 Å². The average molecular weight is 278 g/mol. The van der Waals surface area contributed by atoms with Crippen molar-refractivity contribution >= 4 is 11.8 Å². The van der Waals surface area contributed by atoms with Crippen molar-refractivity contribution in [2.45, 2.75) is 13.3 Å². The Hall–Kier alpha value is -1.88. The van der Waals surface area contributed by atoms with Crippen LogP contribution in [0.4, 0.5) is 0 Å². The fourth-order valence-corrected chi connectivity index (χ4v) is 1.78. The van der Waals surface area contributed by atoms with Gasteiger partial charge in [0.2, 0.25) is 11.8 Å². The minimum absolute atomic E-state index is 0.0892. The summed E-state index contributed by atoms with van der Waals surface area (Å²) in [5, 5.41) is 2.71. The summed E-state index contributed by atoms with van der Waals surface area (Å²) in [6.07, 6.45) is 0.742. The Morgan fingerprint density at radius 2 is 1.95 bits per heavy atom. The number of hydrogen-bond donors (Lipinski definition) is 1. The SMILES string of the molecule is COCCNC(=O)CN(CCc1ccccc1)C(C)=O. The Bertz CT molecular complexity index is 420. The maximum absolute atomic E-state index is 11.7. The van der Waals surface area contributed by atoms with E-state index in [2.05, 4.69) is 5.32 Å². The first kappa shape index (κ1) is 16.2. The third kappa shape index (κ3) is 6.33. The molecule has 0 radical (unpaired) electrons. The Morgan fingerprint density at radius 1 is 1.25 bits per heavy atom. The van der Waals surface area contributed by atoms with Crippen molar-refractivity contribution in [2.75, 3.05) is 33.4 Å². The summed E-state index contributed by atoms with van der Waals surface area (Å²) in [5.74, 6) is -0.256. The van der Waals surface area contributed by atoms with E-state index < -0.39 is 0 Å². The van der Waals surface area contributed by atoms with Gasteiger partial charge in [0.25, 0.3) is 0 Å². The van der Waals surface area contributed by atoms with Gasteiger partial charge in [-0.2, -0.15) is 0 Å². The van der Waals surface area contributed by atoms with E-state index in [9.17, 15) is 9.59 Å². The highest BCUT2D eigenvalue weighted by atomic mass is 16.5. The summed E-state index contributed by atoms with van der Waals surface area (Å²) in [7, 11) is 1.58. The number of carbonyl (C=O) groups is 2. The predicted octanol–water partition coefficient (Wildman–Crippen LogP) is 0.840. The third-order valence-electron chi connectivity index (χ3n) is 2.92. The summed E-state index contributed by atoms with van der Waals surface area (Å²) < 4.78 is 4.85. The summed E-state index contributed by atoms with van der Waals surface area (Å²) in [6.45, 7) is 3.03. The molecule has 0 saturated heterocycles. The van der Waals surface area contributed by atoms with Gasteiger partial charge in [0.05, 0.1) is 13.2 Å². The summed E-state index contributed by atoms with van der Waals surface area (Å²) in [6, 6.07) is 9.90. The van der Waals surface area contributed by atoms with Gasteiger partial charge < -0.3 is 15.0 Å². The molecular formula is C15H22N2O3. The van der Waals surface area contributed by atoms with E-state index in [1.54, 1.807) is 12.0 Å². The zero-order valence-corrected chi connectivity index (χ0v) is 12.1. The van der Waals surface area contributed by atoms with Gasteiger partial charge in [0.1, 0.15) is 0 Å². The molecule has 20 heavy (non-hydrogen) atoms. The molecule has 5 nitrogen and oxygen atoms in total. The lowest BCUT2D eigenvalue weighted by Crippen LogP contribution is -2.41. The lowest BCUT2D eigenvalue weighted by atomic mass is 10.1. The van der Waals surface area contributed by atoms with Crippen LogP contribution < -0.4 is 5.32 Å². The van der Waals surface area contributed by atoms with Crippen LogP contribution in [0.15, 0.2) is 30.3 Å². The number of rotatable bonds is 8. The van der Waals surface area contributed by atoms with Crippen LogP contribution in [-0.2, 0) is 20.7 Å². The molecule has 0 atom stereocenters. The second-order valence-corrected chi connectivity index (χ2v) is 4.52. The molecule has 0 saturated carbocycles. The highest BCUT2D eigenvalue weighted by molar-refractivity contribution is 5.83. The zero-order chi connectivity index (χ0) is 14.8. The molecule has 1 aromatic rings. The Balaban J connectivity index is 2.40. The summed E-state index contributed by atoms with van der Waals surface area (Å²) >= 11 is 0. The smallest absolute Gasteiger partial charge is 0.239 e. The first-order chi connectivity index (χ1) is 9.63. The number of benzene rings is 1. The Kier molecular flexibility index (Phi) is 7.35. The van der Waals surface area contributed by atoms with E-state index in [0.29, 0.717) is 19.7 Å². The fraction of sp³-hybridized carbons (Fsp3) is 0.467. The minimum atomic E-state index is -0.162. The number of nitrogens with one attached hydrogen (secondary N) is 1.